The summed E-state index contributed by atoms with van der Waals surface area (Å²) in [5.74, 6) is 0. The smallest absolute Gasteiger partial charge is 0.0985 e. The van der Waals surface area contributed by atoms with E-state index >= 15 is 0 Å². The van der Waals surface area contributed by atoms with Crippen LogP contribution < -0.4 is 5.46 Å². The summed E-state index contributed by atoms with van der Waals surface area (Å²) >= 11 is 0. The molecule has 0 N–H and O–H groups in total. The summed E-state index contributed by atoms with van der Waals surface area (Å²) in [5.41, 5.74) is 1.85. The van der Waals surface area contributed by atoms with Crippen LogP contribution in [0.4, 0.5) is 0 Å². The molecule has 1 aromatic carbocycles. The molecule has 0 nitrogen and oxygen atoms in total. The molecular weight excluding hydrogens is 107 g/mol. The van der Waals surface area contributed by atoms with Gasteiger partial charge in [0.2, 0.25) is 0 Å². The third-order valence-corrected chi connectivity index (χ3v) is 1.15. The minimum absolute atomic E-state index is 0.785. The highest BCUT2D eigenvalue weighted by atomic mass is 13.9. The SMILES string of the molecule is [B]c1cccc(C=C)c1. The first-order chi connectivity index (χ1) is 4.33. The fraction of sp³-hybridized carbons (Fsp3) is 0. The van der Waals surface area contributed by atoms with Gasteiger partial charge in [-0.15, -0.1) is 0 Å². The van der Waals surface area contributed by atoms with Crippen molar-refractivity contribution in [2.45, 2.75) is 0 Å². The lowest BCUT2D eigenvalue weighted by Crippen LogP contribution is -1.99. The van der Waals surface area contributed by atoms with Gasteiger partial charge in [-0.2, -0.15) is 0 Å². The number of hydrogen-bond donors (Lipinski definition) is 0. The van der Waals surface area contributed by atoms with E-state index in [1.54, 1.807) is 6.08 Å². The third kappa shape index (κ3) is 1.46. The van der Waals surface area contributed by atoms with Gasteiger partial charge in [0.15, 0.2) is 0 Å². The van der Waals surface area contributed by atoms with Crippen LogP contribution in [0.25, 0.3) is 6.08 Å². The van der Waals surface area contributed by atoms with Gasteiger partial charge in [-0.05, 0) is 5.56 Å². The Morgan fingerprint density at radius 3 is 2.67 bits per heavy atom. The summed E-state index contributed by atoms with van der Waals surface area (Å²) in [6.07, 6.45) is 1.77. The molecule has 1 rings (SSSR count). The van der Waals surface area contributed by atoms with Crippen molar-refractivity contribution in [1.29, 1.82) is 0 Å². The molecule has 2 radical (unpaired) electrons. The maximum Gasteiger partial charge on any atom is 0.113 e. The van der Waals surface area contributed by atoms with Crippen molar-refractivity contribution in [3.63, 3.8) is 0 Å². The van der Waals surface area contributed by atoms with E-state index in [9.17, 15) is 0 Å². The van der Waals surface area contributed by atoms with Crippen molar-refractivity contribution in [2.75, 3.05) is 0 Å². The number of hydrogen-bond acceptors (Lipinski definition) is 0. The van der Waals surface area contributed by atoms with E-state index < -0.39 is 0 Å². The first kappa shape index (κ1) is 6.15. The fourth-order valence-corrected chi connectivity index (χ4v) is 0.686. The monoisotopic (exact) mass is 114 g/mol. The molecule has 0 aromatic heterocycles. The standard InChI is InChI=1S/C8H7B/c1-2-7-4-3-5-8(9)6-7/h2-6H,1H2. The molecule has 0 spiro atoms. The molecule has 0 bridgehead atoms. The van der Waals surface area contributed by atoms with Crippen LogP contribution in [0.15, 0.2) is 30.8 Å². The molecule has 1 aromatic rings. The summed E-state index contributed by atoms with van der Waals surface area (Å²) in [7, 11) is 5.49. The Morgan fingerprint density at radius 2 is 2.22 bits per heavy atom. The minimum Gasteiger partial charge on any atom is -0.0985 e. The normalized spacial score (nSPS) is 8.89. The second-order valence-corrected chi connectivity index (χ2v) is 1.87. The van der Waals surface area contributed by atoms with E-state index in [1.807, 2.05) is 24.3 Å². The van der Waals surface area contributed by atoms with Crippen molar-refractivity contribution >= 4 is 19.4 Å². The van der Waals surface area contributed by atoms with Gasteiger partial charge in [-0.3, -0.25) is 0 Å². The molecule has 0 saturated heterocycles. The van der Waals surface area contributed by atoms with Gasteiger partial charge in [-0.1, -0.05) is 42.4 Å². The Hall–Kier alpha value is -0.975. The van der Waals surface area contributed by atoms with Crippen LogP contribution in [0.3, 0.4) is 0 Å². The summed E-state index contributed by atoms with van der Waals surface area (Å²) in [6, 6.07) is 7.61. The Labute approximate surface area is 56.6 Å². The Bertz CT molecular complexity index is 216. The van der Waals surface area contributed by atoms with Crippen molar-refractivity contribution in [3.05, 3.63) is 36.4 Å². The maximum absolute atomic E-state index is 5.49. The van der Waals surface area contributed by atoms with Crippen LogP contribution in [0.5, 0.6) is 0 Å². The van der Waals surface area contributed by atoms with E-state index in [2.05, 4.69) is 6.58 Å². The lowest BCUT2D eigenvalue weighted by atomic mass is 9.95. The van der Waals surface area contributed by atoms with Gasteiger partial charge in [0.1, 0.15) is 7.85 Å². The molecule has 0 aliphatic carbocycles. The van der Waals surface area contributed by atoms with Crippen molar-refractivity contribution in [1.82, 2.24) is 0 Å². The third-order valence-electron chi connectivity index (χ3n) is 1.15. The summed E-state index contributed by atoms with van der Waals surface area (Å²) in [5, 5.41) is 0. The van der Waals surface area contributed by atoms with Crippen molar-refractivity contribution < 1.29 is 0 Å². The van der Waals surface area contributed by atoms with E-state index in [1.165, 1.54) is 0 Å². The molecule has 0 heterocycles. The topological polar surface area (TPSA) is 0 Å². The minimum atomic E-state index is 0.785. The molecule has 0 amide bonds. The van der Waals surface area contributed by atoms with E-state index in [0.717, 1.165) is 11.0 Å². The second kappa shape index (κ2) is 2.54. The molecular formula is C8H7B. The molecule has 0 fully saturated rings. The molecule has 1 heteroatoms. The largest absolute Gasteiger partial charge is 0.113 e. The first-order valence-corrected chi connectivity index (χ1v) is 2.81. The molecule has 9 heavy (non-hydrogen) atoms. The van der Waals surface area contributed by atoms with Gasteiger partial charge < -0.3 is 0 Å². The van der Waals surface area contributed by atoms with Crippen LogP contribution in [0.1, 0.15) is 5.56 Å². The predicted octanol–water partition coefficient (Wildman–Crippen LogP) is 1.12. The van der Waals surface area contributed by atoms with Crippen LogP contribution in [0, 0.1) is 0 Å². The zero-order valence-corrected chi connectivity index (χ0v) is 5.17. The Kier molecular flexibility index (Phi) is 1.73. The maximum atomic E-state index is 5.49. The predicted molar refractivity (Wildman–Crippen MR) is 41.9 cm³/mol. The van der Waals surface area contributed by atoms with Gasteiger partial charge in [0, 0.05) is 0 Å². The molecule has 42 valence electrons. The van der Waals surface area contributed by atoms with Gasteiger partial charge in [-0.25, -0.2) is 0 Å². The average molecular weight is 114 g/mol. The Morgan fingerprint density at radius 1 is 1.44 bits per heavy atom. The molecule has 0 atom stereocenters. The lowest BCUT2D eigenvalue weighted by Gasteiger charge is -1.92. The van der Waals surface area contributed by atoms with Crippen LogP contribution in [-0.2, 0) is 0 Å². The highest BCUT2D eigenvalue weighted by Gasteiger charge is 1.82. The molecule has 0 aliphatic rings. The lowest BCUT2D eigenvalue weighted by molar-refractivity contribution is 1.71. The van der Waals surface area contributed by atoms with Crippen LogP contribution in [-0.4, -0.2) is 7.85 Å². The van der Waals surface area contributed by atoms with Gasteiger partial charge in [0.25, 0.3) is 0 Å². The fourth-order valence-electron chi connectivity index (χ4n) is 0.686. The highest BCUT2D eigenvalue weighted by Crippen LogP contribution is 1.95. The first-order valence-electron chi connectivity index (χ1n) is 2.81. The molecule has 0 aliphatic heterocycles. The second-order valence-electron chi connectivity index (χ2n) is 1.87. The van der Waals surface area contributed by atoms with Gasteiger partial charge >= 0.3 is 0 Å². The van der Waals surface area contributed by atoms with Crippen LogP contribution in [0.2, 0.25) is 0 Å². The zero-order chi connectivity index (χ0) is 6.69. The van der Waals surface area contributed by atoms with E-state index in [0.29, 0.717) is 0 Å². The Balaban J connectivity index is 3.07. The van der Waals surface area contributed by atoms with Crippen LogP contribution >= 0.6 is 0 Å². The summed E-state index contributed by atoms with van der Waals surface area (Å²) < 4.78 is 0. The highest BCUT2D eigenvalue weighted by molar-refractivity contribution is 6.32. The van der Waals surface area contributed by atoms with E-state index in [-0.39, 0.29) is 0 Å². The summed E-state index contributed by atoms with van der Waals surface area (Å²) in [6.45, 7) is 3.62. The number of benzene rings is 1. The van der Waals surface area contributed by atoms with Crippen molar-refractivity contribution in [3.8, 4) is 0 Å². The van der Waals surface area contributed by atoms with E-state index in [4.69, 9.17) is 7.85 Å². The number of rotatable bonds is 1. The zero-order valence-electron chi connectivity index (χ0n) is 5.17. The average Bonchev–Trinajstić information content (AvgIpc) is 1.88. The van der Waals surface area contributed by atoms with Gasteiger partial charge in [0.05, 0.1) is 0 Å². The molecule has 0 unspecified atom stereocenters. The summed E-state index contributed by atoms with van der Waals surface area (Å²) in [4.78, 5) is 0. The quantitative estimate of drug-likeness (QED) is 0.480. The molecule has 0 saturated carbocycles. The van der Waals surface area contributed by atoms with Crippen molar-refractivity contribution in [2.24, 2.45) is 0 Å².